The lowest BCUT2D eigenvalue weighted by atomic mass is 9.98. The number of aryl methyl sites for hydroxylation is 1. The molecule has 4 nitrogen and oxygen atoms in total. The molecule has 33 heavy (non-hydrogen) atoms. The molecule has 3 aromatic carbocycles. The van der Waals surface area contributed by atoms with Crippen LogP contribution >= 0.6 is 0 Å². The normalized spacial score (nSPS) is 10.9. The molecule has 0 bridgehead atoms. The van der Waals surface area contributed by atoms with Crippen LogP contribution in [-0.2, 0) is 16.1 Å². The summed E-state index contributed by atoms with van der Waals surface area (Å²) in [4.78, 5) is 11.8. The van der Waals surface area contributed by atoms with Crippen LogP contribution in [0.5, 0.6) is 5.75 Å². The highest BCUT2D eigenvalue weighted by Gasteiger charge is 2.14. The lowest BCUT2D eigenvalue weighted by molar-refractivity contribution is -0.149. The van der Waals surface area contributed by atoms with Crippen LogP contribution in [0.25, 0.3) is 11.1 Å². The van der Waals surface area contributed by atoms with Gasteiger partial charge in [0.2, 0.25) is 0 Å². The Hall–Kier alpha value is -3.41. The summed E-state index contributed by atoms with van der Waals surface area (Å²) in [6.45, 7) is 9.34. The van der Waals surface area contributed by atoms with E-state index in [0.29, 0.717) is 29.0 Å². The molecule has 0 aliphatic rings. The maximum atomic E-state index is 14.7. The third-order valence-corrected chi connectivity index (χ3v) is 5.40. The first kappa shape index (κ1) is 24.2. The molecule has 0 heterocycles. The van der Waals surface area contributed by atoms with E-state index in [4.69, 9.17) is 9.47 Å². The Morgan fingerprint density at radius 2 is 1.73 bits per heavy atom. The molecule has 0 unspecified atom stereocenters. The Labute approximate surface area is 193 Å². The van der Waals surface area contributed by atoms with Crippen LogP contribution in [0.4, 0.5) is 14.5 Å². The standard InChI is InChI=1S/C27H29F2NO3/c1-16(2)33-26(31)15-32-25-10-9-17(3)27(19(25)5)30-14-22-11-21(13-24(29)18(22)4)20-7-6-8-23(28)12-20/h6-13,16,30H,14-15H2,1-5H3. The van der Waals surface area contributed by atoms with Crippen molar-refractivity contribution in [3.63, 3.8) is 0 Å². The van der Waals surface area contributed by atoms with Gasteiger partial charge in [-0.2, -0.15) is 0 Å². The molecule has 174 valence electrons. The molecular weight excluding hydrogens is 424 g/mol. The van der Waals surface area contributed by atoms with Crippen molar-refractivity contribution >= 4 is 11.7 Å². The van der Waals surface area contributed by atoms with Crippen LogP contribution in [0.3, 0.4) is 0 Å². The van der Waals surface area contributed by atoms with Gasteiger partial charge in [-0.3, -0.25) is 0 Å². The van der Waals surface area contributed by atoms with Crippen molar-refractivity contribution in [3.8, 4) is 16.9 Å². The summed E-state index contributed by atoms with van der Waals surface area (Å²) in [5.41, 5.74) is 5.20. The van der Waals surface area contributed by atoms with E-state index in [1.165, 1.54) is 18.2 Å². The minimum absolute atomic E-state index is 0.179. The van der Waals surface area contributed by atoms with Crippen molar-refractivity contribution in [1.82, 2.24) is 0 Å². The number of esters is 1. The highest BCUT2D eigenvalue weighted by Crippen LogP contribution is 2.31. The van der Waals surface area contributed by atoms with Crippen molar-refractivity contribution in [2.75, 3.05) is 11.9 Å². The van der Waals surface area contributed by atoms with Gasteiger partial charge in [0, 0.05) is 17.8 Å². The largest absolute Gasteiger partial charge is 0.482 e. The molecule has 3 aromatic rings. The van der Waals surface area contributed by atoms with Gasteiger partial charge in [0.25, 0.3) is 0 Å². The molecule has 6 heteroatoms. The molecule has 1 N–H and O–H groups in total. The highest BCUT2D eigenvalue weighted by atomic mass is 19.1. The summed E-state index contributed by atoms with van der Waals surface area (Å²) in [6, 6.07) is 13.1. The lowest BCUT2D eigenvalue weighted by Crippen LogP contribution is -2.19. The third-order valence-electron chi connectivity index (χ3n) is 5.40. The number of hydrogen-bond donors (Lipinski definition) is 1. The second kappa shape index (κ2) is 10.5. The van der Waals surface area contributed by atoms with E-state index >= 15 is 0 Å². The number of carbonyl (C=O) groups is 1. The van der Waals surface area contributed by atoms with Gasteiger partial charge in [-0.05, 0) is 92.8 Å². The number of ether oxygens (including phenoxy) is 2. The van der Waals surface area contributed by atoms with Gasteiger partial charge in [0.05, 0.1) is 6.10 Å². The van der Waals surface area contributed by atoms with Crippen molar-refractivity contribution in [2.24, 2.45) is 0 Å². The zero-order valence-electron chi connectivity index (χ0n) is 19.6. The molecule has 0 aliphatic heterocycles. The number of nitrogens with one attached hydrogen (secondary N) is 1. The highest BCUT2D eigenvalue weighted by molar-refractivity contribution is 5.72. The van der Waals surface area contributed by atoms with Crippen LogP contribution in [0.1, 0.15) is 36.1 Å². The van der Waals surface area contributed by atoms with Crippen LogP contribution < -0.4 is 10.1 Å². The van der Waals surface area contributed by atoms with Gasteiger partial charge in [-0.25, -0.2) is 13.6 Å². The van der Waals surface area contributed by atoms with Crippen LogP contribution in [-0.4, -0.2) is 18.7 Å². The van der Waals surface area contributed by atoms with E-state index in [0.717, 1.165) is 22.4 Å². The minimum Gasteiger partial charge on any atom is -0.482 e. The van der Waals surface area contributed by atoms with E-state index in [-0.39, 0.29) is 24.3 Å². The van der Waals surface area contributed by atoms with Gasteiger partial charge in [0.15, 0.2) is 6.61 Å². The third kappa shape index (κ3) is 6.09. The monoisotopic (exact) mass is 453 g/mol. The number of rotatable bonds is 8. The first-order valence-electron chi connectivity index (χ1n) is 10.9. The van der Waals surface area contributed by atoms with Crippen LogP contribution in [0.15, 0.2) is 48.5 Å². The van der Waals surface area contributed by atoms with E-state index in [1.807, 2.05) is 32.0 Å². The molecule has 0 saturated carbocycles. The zero-order valence-corrected chi connectivity index (χ0v) is 19.6. The van der Waals surface area contributed by atoms with Gasteiger partial charge in [-0.1, -0.05) is 18.2 Å². The molecule has 3 rings (SSSR count). The zero-order chi connectivity index (χ0) is 24.1. The Balaban J connectivity index is 1.81. The van der Waals surface area contributed by atoms with Crippen LogP contribution in [0, 0.1) is 32.4 Å². The topological polar surface area (TPSA) is 47.6 Å². The second-order valence-electron chi connectivity index (χ2n) is 8.31. The number of carbonyl (C=O) groups excluding carboxylic acids is 1. The Bertz CT molecular complexity index is 1160. The first-order valence-corrected chi connectivity index (χ1v) is 10.9. The van der Waals surface area contributed by atoms with Crippen molar-refractivity contribution in [3.05, 3.63) is 82.4 Å². The van der Waals surface area contributed by atoms with Crippen molar-refractivity contribution in [1.29, 1.82) is 0 Å². The van der Waals surface area contributed by atoms with E-state index < -0.39 is 5.97 Å². The first-order chi connectivity index (χ1) is 15.7. The van der Waals surface area contributed by atoms with E-state index in [1.54, 1.807) is 32.9 Å². The summed E-state index contributed by atoms with van der Waals surface area (Å²) in [5.74, 6) is -0.573. The number of hydrogen-bond acceptors (Lipinski definition) is 4. The molecule has 0 saturated heterocycles. The summed E-state index contributed by atoms with van der Waals surface area (Å²) in [5, 5.41) is 3.38. The maximum absolute atomic E-state index is 14.7. The average molecular weight is 454 g/mol. The van der Waals surface area contributed by atoms with E-state index in [9.17, 15) is 13.6 Å². The molecule has 0 amide bonds. The maximum Gasteiger partial charge on any atom is 0.344 e. The number of halogens is 2. The molecule has 0 aromatic heterocycles. The number of anilines is 1. The van der Waals surface area contributed by atoms with Crippen molar-refractivity contribution in [2.45, 2.75) is 47.3 Å². The Morgan fingerprint density at radius 1 is 0.970 bits per heavy atom. The fourth-order valence-corrected chi connectivity index (χ4v) is 3.63. The van der Waals surface area contributed by atoms with E-state index in [2.05, 4.69) is 5.32 Å². The summed E-state index contributed by atoms with van der Waals surface area (Å²) >= 11 is 0. The second-order valence-corrected chi connectivity index (χ2v) is 8.31. The average Bonchev–Trinajstić information content (AvgIpc) is 2.75. The predicted molar refractivity (Wildman–Crippen MR) is 126 cm³/mol. The predicted octanol–water partition coefficient (Wildman–Crippen LogP) is 6.50. The van der Waals surface area contributed by atoms with Crippen molar-refractivity contribution < 1.29 is 23.0 Å². The Morgan fingerprint density at radius 3 is 2.42 bits per heavy atom. The summed E-state index contributed by atoms with van der Waals surface area (Å²) < 4.78 is 39.1. The number of benzene rings is 3. The molecule has 0 aliphatic carbocycles. The smallest absolute Gasteiger partial charge is 0.344 e. The Kier molecular flexibility index (Phi) is 7.69. The minimum atomic E-state index is -0.431. The van der Waals surface area contributed by atoms with Gasteiger partial charge in [0.1, 0.15) is 17.4 Å². The van der Waals surface area contributed by atoms with Gasteiger partial charge in [-0.15, -0.1) is 0 Å². The quantitative estimate of drug-likeness (QED) is 0.396. The van der Waals surface area contributed by atoms with Gasteiger partial charge >= 0.3 is 5.97 Å². The van der Waals surface area contributed by atoms with Gasteiger partial charge < -0.3 is 14.8 Å². The molecule has 0 atom stereocenters. The molecule has 0 fully saturated rings. The summed E-state index contributed by atoms with van der Waals surface area (Å²) in [6.07, 6.45) is -0.204. The van der Waals surface area contributed by atoms with Crippen LogP contribution in [0.2, 0.25) is 0 Å². The fraction of sp³-hybridized carbons (Fsp3) is 0.296. The lowest BCUT2D eigenvalue weighted by Gasteiger charge is -2.18. The molecular formula is C27H29F2NO3. The SMILES string of the molecule is Cc1ccc(OCC(=O)OC(C)C)c(C)c1NCc1cc(-c2cccc(F)c2)cc(F)c1C. The fourth-order valence-electron chi connectivity index (χ4n) is 3.63. The molecule has 0 radical (unpaired) electrons. The molecule has 0 spiro atoms. The summed E-state index contributed by atoms with van der Waals surface area (Å²) in [7, 11) is 0.